The van der Waals surface area contributed by atoms with Crippen molar-refractivity contribution < 1.29 is 0 Å². The molecule has 1 aliphatic rings. The Labute approximate surface area is 122 Å². The molecule has 108 valence electrons. The summed E-state index contributed by atoms with van der Waals surface area (Å²) in [4.78, 5) is 17.4. The van der Waals surface area contributed by atoms with Gasteiger partial charge in [0.15, 0.2) is 0 Å². The Bertz CT molecular complexity index is 863. The minimum atomic E-state index is -0.0541. The van der Waals surface area contributed by atoms with Gasteiger partial charge in [-0.05, 0) is 38.6 Å². The zero-order valence-electron chi connectivity index (χ0n) is 12.0. The number of hydrogen-bond acceptors (Lipinski definition) is 3. The molecular formula is C16H18N4O. The van der Waals surface area contributed by atoms with Crippen molar-refractivity contribution in [1.82, 2.24) is 19.5 Å². The average molecular weight is 282 g/mol. The summed E-state index contributed by atoms with van der Waals surface area (Å²) < 4.78 is 1.86. The number of nitrogens with one attached hydrogen (secondary N) is 1. The Morgan fingerprint density at radius 1 is 1.29 bits per heavy atom. The van der Waals surface area contributed by atoms with Crippen molar-refractivity contribution in [3.05, 3.63) is 46.4 Å². The van der Waals surface area contributed by atoms with Gasteiger partial charge in [-0.15, -0.1) is 0 Å². The van der Waals surface area contributed by atoms with Crippen molar-refractivity contribution in [2.45, 2.75) is 25.3 Å². The summed E-state index contributed by atoms with van der Waals surface area (Å²) in [6, 6.07) is 9.96. The molecule has 0 spiro atoms. The summed E-state index contributed by atoms with van der Waals surface area (Å²) in [6.07, 6.45) is 3.61. The van der Waals surface area contributed by atoms with Crippen LogP contribution in [0.2, 0.25) is 0 Å². The normalized spacial score (nSPS) is 20.3. The van der Waals surface area contributed by atoms with Gasteiger partial charge in [-0.3, -0.25) is 9.69 Å². The highest BCUT2D eigenvalue weighted by Gasteiger charge is 2.23. The molecule has 4 rings (SSSR count). The van der Waals surface area contributed by atoms with Crippen LogP contribution in [-0.2, 0) is 0 Å². The molecule has 0 bridgehead atoms. The number of likely N-dealkylation sites (tertiary alicyclic amines) is 1. The third-order valence-electron chi connectivity index (χ3n) is 4.46. The van der Waals surface area contributed by atoms with Gasteiger partial charge in [-0.2, -0.15) is 5.10 Å². The van der Waals surface area contributed by atoms with Crippen molar-refractivity contribution in [1.29, 1.82) is 0 Å². The van der Waals surface area contributed by atoms with Crippen LogP contribution in [0.1, 0.15) is 31.0 Å². The van der Waals surface area contributed by atoms with Crippen LogP contribution in [0, 0.1) is 0 Å². The second kappa shape index (κ2) is 4.70. The first kappa shape index (κ1) is 12.6. The van der Waals surface area contributed by atoms with Crippen LogP contribution < -0.4 is 5.56 Å². The van der Waals surface area contributed by atoms with Crippen LogP contribution in [0.5, 0.6) is 0 Å². The maximum absolute atomic E-state index is 12.1. The van der Waals surface area contributed by atoms with E-state index in [9.17, 15) is 4.79 Å². The highest BCUT2D eigenvalue weighted by atomic mass is 16.1. The molecule has 1 unspecified atom stereocenters. The topological polar surface area (TPSA) is 53.4 Å². The summed E-state index contributed by atoms with van der Waals surface area (Å²) in [5.74, 6) is 0. The second-order valence-electron chi connectivity index (χ2n) is 5.83. The number of benzene rings is 1. The maximum atomic E-state index is 12.1. The first-order valence-electron chi connectivity index (χ1n) is 7.45. The lowest BCUT2D eigenvalue weighted by Crippen LogP contribution is -2.29. The van der Waals surface area contributed by atoms with Gasteiger partial charge in [0.25, 0.3) is 5.56 Å². The molecule has 1 saturated heterocycles. The number of rotatable bonds is 1. The van der Waals surface area contributed by atoms with E-state index < -0.39 is 0 Å². The molecule has 1 N–H and O–H groups in total. The molecule has 21 heavy (non-hydrogen) atoms. The third kappa shape index (κ3) is 1.96. The number of aromatic amines is 1. The minimum Gasteiger partial charge on any atom is -0.306 e. The zero-order chi connectivity index (χ0) is 14.4. The first-order chi connectivity index (χ1) is 10.2. The van der Waals surface area contributed by atoms with Crippen LogP contribution in [0.4, 0.5) is 0 Å². The van der Waals surface area contributed by atoms with Crippen LogP contribution in [0.25, 0.3) is 16.6 Å². The molecule has 1 aromatic carbocycles. The Morgan fingerprint density at radius 2 is 2.14 bits per heavy atom. The van der Waals surface area contributed by atoms with E-state index in [0.717, 1.165) is 29.8 Å². The predicted molar refractivity (Wildman–Crippen MR) is 82.5 cm³/mol. The van der Waals surface area contributed by atoms with Crippen LogP contribution in [-0.4, -0.2) is 33.1 Å². The fourth-order valence-electron chi connectivity index (χ4n) is 3.32. The van der Waals surface area contributed by atoms with Crippen molar-refractivity contribution in [3.8, 4) is 0 Å². The number of hydrogen-bond donors (Lipinski definition) is 1. The van der Waals surface area contributed by atoms with E-state index in [1.807, 2.05) is 34.8 Å². The summed E-state index contributed by atoms with van der Waals surface area (Å²) in [7, 11) is 2.15. The average Bonchev–Trinajstić information content (AvgIpc) is 2.92. The monoisotopic (exact) mass is 282 g/mol. The van der Waals surface area contributed by atoms with E-state index in [1.54, 1.807) is 0 Å². The fraction of sp³-hybridized carbons (Fsp3) is 0.375. The number of para-hydroxylation sites is 1. The molecule has 0 saturated carbocycles. The van der Waals surface area contributed by atoms with Gasteiger partial charge < -0.3 is 4.98 Å². The number of nitrogens with zero attached hydrogens (tertiary/aromatic N) is 3. The standard InChI is InChI=1S/C16H18N4O/c1-19-9-5-4-8-14(19)12-10-15-17-16(21)11-6-2-3-7-13(11)20(15)18-12/h2-3,6-7,10,14H,4-5,8-9H2,1H3,(H,17,21). The Morgan fingerprint density at radius 3 is 3.00 bits per heavy atom. The largest absolute Gasteiger partial charge is 0.306 e. The molecule has 0 aliphatic carbocycles. The van der Waals surface area contributed by atoms with Crippen molar-refractivity contribution >= 4 is 16.6 Å². The van der Waals surface area contributed by atoms with Crippen molar-refractivity contribution in [3.63, 3.8) is 0 Å². The lowest BCUT2D eigenvalue weighted by Gasteiger charge is -2.30. The molecule has 3 aromatic rings. The number of H-pyrrole nitrogens is 1. The van der Waals surface area contributed by atoms with E-state index in [-0.39, 0.29) is 5.56 Å². The van der Waals surface area contributed by atoms with Gasteiger partial charge in [-0.1, -0.05) is 18.6 Å². The van der Waals surface area contributed by atoms with Gasteiger partial charge >= 0.3 is 0 Å². The molecule has 0 radical (unpaired) electrons. The number of aromatic nitrogens is 3. The Kier molecular flexibility index (Phi) is 2.82. The van der Waals surface area contributed by atoms with Crippen LogP contribution >= 0.6 is 0 Å². The van der Waals surface area contributed by atoms with E-state index in [4.69, 9.17) is 5.10 Å². The molecule has 0 amide bonds. The van der Waals surface area contributed by atoms with Gasteiger partial charge in [-0.25, -0.2) is 4.52 Å². The van der Waals surface area contributed by atoms with Gasteiger partial charge in [0, 0.05) is 6.07 Å². The summed E-state index contributed by atoms with van der Waals surface area (Å²) >= 11 is 0. The number of piperidine rings is 1. The molecule has 1 atom stereocenters. The van der Waals surface area contributed by atoms with Crippen LogP contribution in [0.3, 0.4) is 0 Å². The molecular weight excluding hydrogens is 264 g/mol. The minimum absolute atomic E-state index is 0.0541. The SMILES string of the molecule is CN1CCCCC1c1cc2[nH]c(=O)c3ccccc3n2n1. The van der Waals surface area contributed by atoms with E-state index in [0.29, 0.717) is 11.4 Å². The third-order valence-corrected chi connectivity index (χ3v) is 4.46. The highest BCUT2D eigenvalue weighted by molar-refractivity contribution is 5.80. The van der Waals surface area contributed by atoms with Crippen molar-refractivity contribution in [2.75, 3.05) is 13.6 Å². The summed E-state index contributed by atoms with van der Waals surface area (Å²) in [5, 5.41) is 5.44. The van der Waals surface area contributed by atoms with Gasteiger partial charge in [0.1, 0.15) is 5.65 Å². The number of fused-ring (bicyclic) bond motifs is 3. The predicted octanol–water partition coefficient (Wildman–Crippen LogP) is 2.33. The molecule has 3 heterocycles. The molecule has 2 aromatic heterocycles. The van der Waals surface area contributed by atoms with Gasteiger partial charge in [0.2, 0.25) is 0 Å². The first-order valence-corrected chi connectivity index (χ1v) is 7.45. The summed E-state index contributed by atoms with van der Waals surface area (Å²) in [5.41, 5.74) is 2.62. The quantitative estimate of drug-likeness (QED) is 0.745. The lowest BCUT2D eigenvalue weighted by molar-refractivity contribution is 0.183. The fourth-order valence-corrected chi connectivity index (χ4v) is 3.32. The maximum Gasteiger partial charge on any atom is 0.259 e. The smallest absolute Gasteiger partial charge is 0.259 e. The van der Waals surface area contributed by atoms with E-state index >= 15 is 0 Å². The van der Waals surface area contributed by atoms with Crippen LogP contribution in [0.15, 0.2) is 35.1 Å². The van der Waals surface area contributed by atoms with Gasteiger partial charge in [0.05, 0.1) is 22.6 Å². The highest BCUT2D eigenvalue weighted by Crippen LogP contribution is 2.29. The molecule has 5 nitrogen and oxygen atoms in total. The van der Waals surface area contributed by atoms with E-state index in [1.165, 1.54) is 12.8 Å². The molecule has 5 heteroatoms. The molecule has 1 aliphatic heterocycles. The summed E-state index contributed by atoms with van der Waals surface area (Å²) in [6.45, 7) is 1.11. The van der Waals surface area contributed by atoms with Crippen molar-refractivity contribution in [2.24, 2.45) is 0 Å². The zero-order valence-corrected chi connectivity index (χ0v) is 12.0. The lowest BCUT2D eigenvalue weighted by atomic mass is 10.0. The Balaban J connectivity index is 1.93. The van der Waals surface area contributed by atoms with E-state index in [2.05, 4.69) is 16.9 Å². The second-order valence-corrected chi connectivity index (χ2v) is 5.83. The Hall–Kier alpha value is -2.14. The molecule has 1 fully saturated rings.